The lowest BCUT2D eigenvalue weighted by Crippen LogP contribution is -2.37. The summed E-state index contributed by atoms with van der Waals surface area (Å²) < 4.78 is 1.54. The Kier molecular flexibility index (Phi) is 5.90. The van der Waals surface area contributed by atoms with Crippen LogP contribution in [-0.4, -0.2) is 67.8 Å². The molecule has 1 atom stereocenters. The van der Waals surface area contributed by atoms with E-state index >= 15 is 0 Å². The van der Waals surface area contributed by atoms with Crippen LogP contribution in [0.4, 0.5) is 4.79 Å². The van der Waals surface area contributed by atoms with Gasteiger partial charge in [0, 0.05) is 25.9 Å². The number of hydrogen-bond acceptors (Lipinski definition) is 7. The summed E-state index contributed by atoms with van der Waals surface area (Å²) in [5.41, 5.74) is 0. The Hall–Kier alpha value is -2.17. The molecule has 2 heterocycles. The Labute approximate surface area is 137 Å². The lowest BCUT2D eigenvalue weighted by Gasteiger charge is -2.11. The van der Waals surface area contributed by atoms with Crippen LogP contribution in [0.2, 0.25) is 0 Å². The topological polar surface area (TPSA) is 122 Å². The lowest BCUT2D eigenvalue weighted by molar-refractivity contribution is -0.130. The van der Waals surface area contributed by atoms with Gasteiger partial charge in [0.15, 0.2) is 0 Å². The van der Waals surface area contributed by atoms with Gasteiger partial charge in [0.2, 0.25) is 11.1 Å². The van der Waals surface area contributed by atoms with Crippen LogP contribution in [0.25, 0.3) is 0 Å². The molecule has 0 saturated carbocycles. The third-order valence-electron chi connectivity index (χ3n) is 3.18. The Morgan fingerprint density at radius 2 is 2.22 bits per heavy atom. The summed E-state index contributed by atoms with van der Waals surface area (Å²) >= 11 is 1.41. The molecule has 1 aliphatic rings. The molecule has 23 heavy (non-hydrogen) atoms. The molecule has 0 radical (unpaired) electrons. The first kappa shape index (κ1) is 17.2. The standard InChI is InChI=1S/C12H19N7O3S/c1-3-5-19-10(21)8(14-11(19)22)7-9(20)13-4-6-23-12-15-16-17-18(12)2/h8H,3-7H2,1-2H3,(H,13,20)(H,14,22). The highest BCUT2D eigenvalue weighted by molar-refractivity contribution is 7.99. The normalized spacial score (nSPS) is 17.5. The number of hydrogen-bond donors (Lipinski definition) is 2. The summed E-state index contributed by atoms with van der Waals surface area (Å²) in [6, 6.07) is -1.20. The average Bonchev–Trinajstić information content (AvgIpc) is 3.03. The number of tetrazole rings is 1. The van der Waals surface area contributed by atoms with E-state index in [1.165, 1.54) is 11.8 Å². The molecular formula is C12H19N7O3S. The van der Waals surface area contributed by atoms with Crippen molar-refractivity contribution in [1.29, 1.82) is 0 Å². The fourth-order valence-electron chi connectivity index (χ4n) is 2.08. The van der Waals surface area contributed by atoms with Gasteiger partial charge >= 0.3 is 6.03 Å². The zero-order valence-corrected chi connectivity index (χ0v) is 13.8. The number of amides is 4. The number of imide groups is 1. The minimum atomic E-state index is -0.773. The number of aryl methyl sites for hydroxylation is 1. The zero-order valence-electron chi connectivity index (χ0n) is 13.0. The quantitative estimate of drug-likeness (QED) is 0.358. The zero-order chi connectivity index (χ0) is 16.8. The van der Waals surface area contributed by atoms with Gasteiger partial charge in [0.05, 0.1) is 6.42 Å². The molecule has 0 aliphatic carbocycles. The Morgan fingerprint density at radius 1 is 1.43 bits per heavy atom. The van der Waals surface area contributed by atoms with Gasteiger partial charge in [-0.3, -0.25) is 14.5 Å². The summed E-state index contributed by atoms with van der Waals surface area (Å²) in [5, 5.41) is 16.9. The van der Waals surface area contributed by atoms with Crippen LogP contribution >= 0.6 is 11.8 Å². The molecule has 11 heteroatoms. The number of thioether (sulfide) groups is 1. The lowest BCUT2D eigenvalue weighted by atomic mass is 10.2. The van der Waals surface area contributed by atoms with Crippen molar-refractivity contribution in [2.24, 2.45) is 7.05 Å². The van der Waals surface area contributed by atoms with Crippen molar-refractivity contribution >= 4 is 29.6 Å². The maximum absolute atomic E-state index is 12.0. The molecule has 1 unspecified atom stereocenters. The van der Waals surface area contributed by atoms with Crippen molar-refractivity contribution in [3.63, 3.8) is 0 Å². The van der Waals surface area contributed by atoms with E-state index in [1.807, 2.05) is 6.92 Å². The molecule has 2 rings (SSSR count). The molecule has 1 aromatic rings. The highest BCUT2D eigenvalue weighted by atomic mass is 32.2. The summed E-state index contributed by atoms with van der Waals surface area (Å²) in [7, 11) is 1.73. The van der Waals surface area contributed by atoms with E-state index in [0.717, 1.165) is 4.90 Å². The minimum Gasteiger partial charge on any atom is -0.355 e. The first-order valence-electron chi connectivity index (χ1n) is 7.26. The molecule has 0 spiro atoms. The van der Waals surface area contributed by atoms with Crippen molar-refractivity contribution in [2.75, 3.05) is 18.8 Å². The van der Waals surface area contributed by atoms with E-state index in [9.17, 15) is 14.4 Å². The first-order chi connectivity index (χ1) is 11.0. The summed E-state index contributed by atoms with van der Waals surface area (Å²) in [4.78, 5) is 36.6. The van der Waals surface area contributed by atoms with Crippen LogP contribution in [-0.2, 0) is 16.6 Å². The highest BCUT2D eigenvalue weighted by Crippen LogP contribution is 2.12. The molecule has 0 aromatic carbocycles. The van der Waals surface area contributed by atoms with E-state index < -0.39 is 12.1 Å². The first-order valence-corrected chi connectivity index (χ1v) is 8.25. The molecule has 1 saturated heterocycles. The van der Waals surface area contributed by atoms with Crippen molar-refractivity contribution < 1.29 is 14.4 Å². The van der Waals surface area contributed by atoms with Crippen LogP contribution in [0, 0.1) is 0 Å². The SMILES string of the molecule is CCCN1C(=O)NC(CC(=O)NCCSc2nnnn2C)C1=O. The molecule has 2 N–H and O–H groups in total. The molecule has 1 aliphatic heterocycles. The number of aromatic nitrogens is 4. The maximum atomic E-state index is 12.0. The Bertz CT molecular complexity index is 591. The van der Waals surface area contributed by atoms with E-state index in [0.29, 0.717) is 30.4 Å². The van der Waals surface area contributed by atoms with E-state index in [1.54, 1.807) is 11.7 Å². The third-order valence-corrected chi connectivity index (χ3v) is 4.19. The minimum absolute atomic E-state index is 0.0546. The van der Waals surface area contributed by atoms with Gasteiger partial charge in [0.1, 0.15) is 6.04 Å². The Morgan fingerprint density at radius 3 is 2.87 bits per heavy atom. The van der Waals surface area contributed by atoms with E-state index in [-0.39, 0.29) is 18.2 Å². The van der Waals surface area contributed by atoms with Crippen molar-refractivity contribution in [3.05, 3.63) is 0 Å². The fourth-order valence-corrected chi connectivity index (χ4v) is 2.79. The van der Waals surface area contributed by atoms with Crippen molar-refractivity contribution in [2.45, 2.75) is 31.0 Å². The predicted molar refractivity (Wildman–Crippen MR) is 81.5 cm³/mol. The number of nitrogens with zero attached hydrogens (tertiary/aromatic N) is 5. The van der Waals surface area contributed by atoms with Crippen LogP contribution in [0.15, 0.2) is 5.16 Å². The van der Waals surface area contributed by atoms with E-state index in [4.69, 9.17) is 0 Å². The molecule has 1 aromatic heterocycles. The molecule has 126 valence electrons. The number of nitrogens with one attached hydrogen (secondary N) is 2. The van der Waals surface area contributed by atoms with E-state index in [2.05, 4.69) is 26.2 Å². The number of carbonyl (C=O) groups excluding carboxylic acids is 3. The van der Waals surface area contributed by atoms with Gasteiger partial charge in [-0.25, -0.2) is 9.48 Å². The smallest absolute Gasteiger partial charge is 0.324 e. The Balaban J connectivity index is 1.70. The van der Waals surface area contributed by atoms with Gasteiger partial charge in [0.25, 0.3) is 5.91 Å². The second-order valence-corrected chi connectivity index (χ2v) is 6.04. The third kappa shape index (κ3) is 4.41. The molecule has 0 bridgehead atoms. The molecule has 4 amide bonds. The highest BCUT2D eigenvalue weighted by Gasteiger charge is 2.38. The average molecular weight is 341 g/mol. The van der Waals surface area contributed by atoms with Crippen LogP contribution in [0.5, 0.6) is 0 Å². The van der Waals surface area contributed by atoms with Crippen LogP contribution in [0.3, 0.4) is 0 Å². The number of carbonyl (C=O) groups is 3. The van der Waals surface area contributed by atoms with Gasteiger partial charge in [-0.15, -0.1) is 5.10 Å². The predicted octanol–water partition coefficient (Wildman–Crippen LogP) is -0.861. The van der Waals surface area contributed by atoms with Gasteiger partial charge in [-0.05, 0) is 16.8 Å². The van der Waals surface area contributed by atoms with Gasteiger partial charge < -0.3 is 10.6 Å². The number of urea groups is 1. The van der Waals surface area contributed by atoms with Crippen molar-refractivity contribution in [1.82, 2.24) is 35.7 Å². The molecule has 1 fully saturated rings. The monoisotopic (exact) mass is 341 g/mol. The molecular weight excluding hydrogens is 322 g/mol. The summed E-state index contributed by atoms with van der Waals surface area (Å²) in [5.74, 6) is -0.0161. The van der Waals surface area contributed by atoms with Crippen LogP contribution < -0.4 is 10.6 Å². The van der Waals surface area contributed by atoms with Crippen molar-refractivity contribution in [3.8, 4) is 0 Å². The summed E-state index contributed by atoms with van der Waals surface area (Å²) in [6.07, 6.45) is 0.632. The number of rotatable bonds is 8. The van der Waals surface area contributed by atoms with Gasteiger partial charge in [-0.1, -0.05) is 18.7 Å². The van der Waals surface area contributed by atoms with Crippen LogP contribution in [0.1, 0.15) is 19.8 Å². The fraction of sp³-hybridized carbons (Fsp3) is 0.667. The van der Waals surface area contributed by atoms with Gasteiger partial charge in [-0.2, -0.15) is 0 Å². The maximum Gasteiger partial charge on any atom is 0.324 e. The second kappa shape index (κ2) is 7.90. The summed E-state index contributed by atoms with van der Waals surface area (Å²) in [6.45, 7) is 2.67. The second-order valence-electron chi connectivity index (χ2n) is 4.98. The largest absolute Gasteiger partial charge is 0.355 e. The molecule has 10 nitrogen and oxygen atoms in total.